The highest BCUT2D eigenvalue weighted by atomic mass is 16.5. The molecule has 2 rings (SSSR count). The average Bonchev–Trinajstić information content (AvgIpc) is 2.40. The van der Waals surface area contributed by atoms with Crippen LogP contribution in [0.5, 0.6) is 5.75 Å². The van der Waals surface area contributed by atoms with Crippen molar-refractivity contribution < 1.29 is 9.53 Å². The number of carbonyl (C=O) groups is 1. The van der Waals surface area contributed by atoms with Gasteiger partial charge in [0, 0.05) is 23.9 Å². The van der Waals surface area contributed by atoms with E-state index in [0.29, 0.717) is 17.9 Å². The Bertz CT molecular complexity index is 483. The zero-order valence-electron chi connectivity index (χ0n) is 9.37. The second-order valence-electron chi connectivity index (χ2n) is 3.61. The van der Waals surface area contributed by atoms with Crippen molar-refractivity contribution in [2.24, 2.45) is 0 Å². The average molecular weight is 227 g/mol. The van der Waals surface area contributed by atoms with Crippen LogP contribution in [0.2, 0.25) is 0 Å². The van der Waals surface area contributed by atoms with Crippen molar-refractivity contribution in [3.63, 3.8) is 0 Å². The quantitative estimate of drug-likeness (QED) is 0.737. The number of aldehydes is 1. The van der Waals surface area contributed by atoms with Gasteiger partial charge in [0.15, 0.2) is 0 Å². The van der Waals surface area contributed by atoms with Gasteiger partial charge in [-0.05, 0) is 24.3 Å². The molecule has 1 aromatic heterocycles. The Morgan fingerprint density at radius 1 is 1.18 bits per heavy atom. The lowest BCUT2D eigenvalue weighted by atomic mass is 10.2. The molecule has 3 nitrogen and oxygen atoms in total. The summed E-state index contributed by atoms with van der Waals surface area (Å²) in [6.45, 7) is 0.555. The molecular formula is C14H13NO2. The smallest absolute Gasteiger partial charge is 0.150 e. The molecule has 0 atom stereocenters. The monoisotopic (exact) mass is 227 g/mol. The molecule has 0 bridgehead atoms. The number of rotatable bonds is 5. The van der Waals surface area contributed by atoms with Gasteiger partial charge >= 0.3 is 0 Å². The van der Waals surface area contributed by atoms with Crippen LogP contribution in [0.25, 0.3) is 0 Å². The molecule has 0 fully saturated rings. The first kappa shape index (κ1) is 11.3. The fourth-order valence-corrected chi connectivity index (χ4v) is 1.50. The molecule has 0 radical (unpaired) electrons. The minimum Gasteiger partial charge on any atom is -0.493 e. The molecule has 3 heteroatoms. The van der Waals surface area contributed by atoms with Gasteiger partial charge in [-0.1, -0.05) is 18.2 Å². The lowest BCUT2D eigenvalue weighted by Gasteiger charge is -2.05. The van der Waals surface area contributed by atoms with Crippen LogP contribution in [-0.2, 0) is 6.42 Å². The zero-order chi connectivity index (χ0) is 11.9. The molecule has 0 aliphatic heterocycles. The van der Waals surface area contributed by atoms with Crippen molar-refractivity contribution in [2.45, 2.75) is 6.42 Å². The van der Waals surface area contributed by atoms with Gasteiger partial charge in [0.05, 0.1) is 6.61 Å². The number of benzene rings is 1. The third-order valence-electron chi connectivity index (χ3n) is 2.35. The third-order valence-corrected chi connectivity index (χ3v) is 2.35. The molecule has 0 unspecified atom stereocenters. The molecule has 0 N–H and O–H groups in total. The topological polar surface area (TPSA) is 39.2 Å². The maximum atomic E-state index is 10.6. The Hall–Kier alpha value is -2.16. The normalized spacial score (nSPS) is 9.88. The Morgan fingerprint density at radius 3 is 2.88 bits per heavy atom. The second kappa shape index (κ2) is 5.80. The van der Waals surface area contributed by atoms with E-state index >= 15 is 0 Å². The maximum Gasteiger partial charge on any atom is 0.150 e. The highest BCUT2D eigenvalue weighted by molar-refractivity contribution is 5.75. The van der Waals surface area contributed by atoms with Crippen LogP contribution in [0.15, 0.2) is 48.7 Å². The third kappa shape index (κ3) is 3.41. The van der Waals surface area contributed by atoms with Crippen molar-refractivity contribution in [3.05, 3.63) is 59.9 Å². The maximum absolute atomic E-state index is 10.6. The van der Waals surface area contributed by atoms with Gasteiger partial charge < -0.3 is 4.74 Å². The summed E-state index contributed by atoms with van der Waals surface area (Å²) in [5.74, 6) is 0.713. The Morgan fingerprint density at radius 2 is 2.12 bits per heavy atom. The summed E-state index contributed by atoms with van der Waals surface area (Å²) in [7, 11) is 0. The van der Waals surface area contributed by atoms with E-state index in [9.17, 15) is 4.79 Å². The molecule has 1 heterocycles. The highest BCUT2D eigenvalue weighted by Crippen LogP contribution is 2.12. The minimum atomic E-state index is 0.555. The lowest BCUT2D eigenvalue weighted by molar-refractivity contribution is 0.112. The number of nitrogens with zero attached hydrogens (tertiary/aromatic N) is 1. The Labute approximate surface area is 100 Å². The van der Waals surface area contributed by atoms with Crippen LogP contribution in [0, 0.1) is 0 Å². The van der Waals surface area contributed by atoms with E-state index in [4.69, 9.17) is 4.74 Å². The molecule has 0 spiro atoms. The van der Waals surface area contributed by atoms with Crippen molar-refractivity contribution >= 4 is 6.29 Å². The number of pyridine rings is 1. The van der Waals surface area contributed by atoms with Crippen LogP contribution in [0.4, 0.5) is 0 Å². The van der Waals surface area contributed by atoms with E-state index in [1.54, 1.807) is 24.4 Å². The number of carbonyl (C=O) groups excluding carboxylic acids is 1. The number of hydrogen-bond acceptors (Lipinski definition) is 3. The fraction of sp³-hybridized carbons (Fsp3) is 0.143. The standard InChI is InChI=1S/C14H13NO2/c16-11-12-4-3-6-14(10-12)17-9-7-13-5-1-2-8-15-13/h1-6,8,10-11H,7,9H2. The van der Waals surface area contributed by atoms with Crippen LogP contribution in [0.3, 0.4) is 0 Å². The van der Waals surface area contributed by atoms with E-state index in [2.05, 4.69) is 4.98 Å². The summed E-state index contributed by atoms with van der Waals surface area (Å²) in [5.41, 5.74) is 1.62. The van der Waals surface area contributed by atoms with Crippen molar-refractivity contribution in [2.75, 3.05) is 6.61 Å². The van der Waals surface area contributed by atoms with Crippen LogP contribution < -0.4 is 4.74 Å². The van der Waals surface area contributed by atoms with Gasteiger partial charge in [-0.25, -0.2) is 0 Å². The molecule has 0 saturated heterocycles. The van der Waals surface area contributed by atoms with Gasteiger partial charge in [-0.15, -0.1) is 0 Å². The molecule has 0 saturated carbocycles. The minimum absolute atomic E-state index is 0.555. The SMILES string of the molecule is O=Cc1cccc(OCCc2ccccn2)c1. The predicted molar refractivity (Wildman–Crippen MR) is 65.3 cm³/mol. The molecule has 0 aliphatic carbocycles. The predicted octanol–water partition coefficient (Wildman–Crippen LogP) is 2.52. The van der Waals surface area contributed by atoms with E-state index in [-0.39, 0.29) is 0 Å². The summed E-state index contributed by atoms with van der Waals surface area (Å²) < 4.78 is 5.55. The molecule has 86 valence electrons. The molecule has 17 heavy (non-hydrogen) atoms. The van der Waals surface area contributed by atoms with Gasteiger partial charge in [-0.3, -0.25) is 9.78 Å². The van der Waals surface area contributed by atoms with E-state index in [1.807, 2.05) is 24.3 Å². The number of aromatic nitrogens is 1. The molecule has 1 aromatic carbocycles. The Kier molecular flexibility index (Phi) is 3.86. The van der Waals surface area contributed by atoms with Gasteiger partial charge in [0.1, 0.15) is 12.0 Å². The first-order chi connectivity index (χ1) is 8.38. The Balaban J connectivity index is 1.88. The number of hydrogen-bond donors (Lipinski definition) is 0. The fourth-order valence-electron chi connectivity index (χ4n) is 1.50. The van der Waals surface area contributed by atoms with Crippen molar-refractivity contribution in [1.29, 1.82) is 0 Å². The second-order valence-corrected chi connectivity index (χ2v) is 3.61. The first-order valence-electron chi connectivity index (χ1n) is 5.46. The summed E-state index contributed by atoms with van der Waals surface area (Å²) in [6, 6.07) is 12.9. The summed E-state index contributed by atoms with van der Waals surface area (Å²) in [6.07, 6.45) is 3.33. The zero-order valence-corrected chi connectivity index (χ0v) is 9.37. The largest absolute Gasteiger partial charge is 0.493 e. The van der Waals surface area contributed by atoms with Crippen LogP contribution in [0.1, 0.15) is 16.1 Å². The van der Waals surface area contributed by atoms with E-state index < -0.39 is 0 Å². The van der Waals surface area contributed by atoms with Crippen LogP contribution >= 0.6 is 0 Å². The molecule has 0 aliphatic rings. The number of ether oxygens (including phenoxy) is 1. The summed E-state index contributed by atoms with van der Waals surface area (Å²) >= 11 is 0. The van der Waals surface area contributed by atoms with Crippen molar-refractivity contribution in [1.82, 2.24) is 4.98 Å². The molecule has 0 amide bonds. The highest BCUT2D eigenvalue weighted by Gasteiger charge is 1.97. The van der Waals surface area contributed by atoms with E-state index in [1.165, 1.54) is 0 Å². The molecule has 2 aromatic rings. The first-order valence-corrected chi connectivity index (χ1v) is 5.46. The van der Waals surface area contributed by atoms with Crippen molar-refractivity contribution in [3.8, 4) is 5.75 Å². The van der Waals surface area contributed by atoms with Crippen LogP contribution in [-0.4, -0.2) is 17.9 Å². The van der Waals surface area contributed by atoms with E-state index in [0.717, 1.165) is 18.4 Å². The summed E-state index contributed by atoms with van der Waals surface area (Å²) in [4.78, 5) is 14.8. The molecular weight excluding hydrogens is 214 g/mol. The van der Waals surface area contributed by atoms with Gasteiger partial charge in [0.2, 0.25) is 0 Å². The lowest BCUT2D eigenvalue weighted by Crippen LogP contribution is -2.02. The summed E-state index contributed by atoms with van der Waals surface area (Å²) in [5, 5.41) is 0. The van der Waals surface area contributed by atoms with Gasteiger partial charge in [-0.2, -0.15) is 0 Å². The van der Waals surface area contributed by atoms with Gasteiger partial charge in [0.25, 0.3) is 0 Å².